The van der Waals surface area contributed by atoms with Crippen molar-refractivity contribution in [1.29, 1.82) is 0 Å². The van der Waals surface area contributed by atoms with E-state index >= 15 is 0 Å². The molecular weight excluding hydrogens is 186 g/mol. The molecule has 1 aliphatic heterocycles. The van der Waals surface area contributed by atoms with Crippen LogP contribution in [0.1, 0.15) is 47.0 Å². The molecule has 2 atom stereocenters. The van der Waals surface area contributed by atoms with E-state index < -0.39 is 0 Å². The SMILES string of the molecule is CCNC(CC(C)(C)C)C1CCCOC1. The summed E-state index contributed by atoms with van der Waals surface area (Å²) in [5.74, 6) is 0.720. The van der Waals surface area contributed by atoms with Gasteiger partial charge in [-0.05, 0) is 37.1 Å². The molecule has 0 bridgehead atoms. The summed E-state index contributed by atoms with van der Waals surface area (Å²) in [6.45, 7) is 12.1. The van der Waals surface area contributed by atoms with Crippen LogP contribution in [0.2, 0.25) is 0 Å². The fraction of sp³-hybridized carbons (Fsp3) is 1.00. The summed E-state index contributed by atoms with van der Waals surface area (Å²) in [4.78, 5) is 0. The monoisotopic (exact) mass is 213 g/mol. The summed E-state index contributed by atoms with van der Waals surface area (Å²) in [5.41, 5.74) is 0.407. The van der Waals surface area contributed by atoms with Gasteiger partial charge in [-0.2, -0.15) is 0 Å². The van der Waals surface area contributed by atoms with Crippen LogP contribution in [0, 0.1) is 11.3 Å². The van der Waals surface area contributed by atoms with Crippen LogP contribution in [0.5, 0.6) is 0 Å². The van der Waals surface area contributed by atoms with E-state index in [1.165, 1.54) is 19.3 Å². The number of nitrogens with one attached hydrogen (secondary N) is 1. The Morgan fingerprint density at radius 2 is 2.13 bits per heavy atom. The largest absolute Gasteiger partial charge is 0.381 e. The van der Waals surface area contributed by atoms with Gasteiger partial charge in [0.25, 0.3) is 0 Å². The molecule has 1 heterocycles. The van der Waals surface area contributed by atoms with Crippen molar-refractivity contribution in [2.75, 3.05) is 19.8 Å². The van der Waals surface area contributed by atoms with Gasteiger partial charge in [0, 0.05) is 12.6 Å². The number of hydrogen-bond acceptors (Lipinski definition) is 2. The molecule has 0 aromatic rings. The maximum atomic E-state index is 5.58. The van der Waals surface area contributed by atoms with Gasteiger partial charge in [-0.15, -0.1) is 0 Å². The van der Waals surface area contributed by atoms with Crippen LogP contribution in [0.25, 0.3) is 0 Å². The second-order valence-corrected chi connectivity index (χ2v) is 5.91. The van der Waals surface area contributed by atoms with E-state index in [0.717, 1.165) is 25.7 Å². The minimum Gasteiger partial charge on any atom is -0.381 e. The first-order valence-electron chi connectivity index (χ1n) is 6.34. The molecule has 0 aliphatic carbocycles. The topological polar surface area (TPSA) is 21.3 Å². The van der Waals surface area contributed by atoms with E-state index in [1.54, 1.807) is 0 Å². The first-order valence-corrected chi connectivity index (χ1v) is 6.34. The minimum absolute atomic E-state index is 0.407. The molecule has 0 saturated carbocycles. The zero-order valence-corrected chi connectivity index (χ0v) is 10.8. The molecule has 0 spiro atoms. The summed E-state index contributed by atoms with van der Waals surface area (Å²) >= 11 is 0. The predicted octanol–water partition coefficient (Wildman–Crippen LogP) is 2.83. The molecule has 2 nitrogen and oxygen atoms in total. The van der Waals surface area contributed by atoms with Crippen molar-refractivity contribution in [3.63, 3.8) is 0 Å². The molecule has 1 N–H and O–H groups in total. The van der Waals surface area contributed by atoms with E-state index in [1.807, 2.05) is 0 Å². The Hall–Kier alpha value is -0.0800. The zero-order chi connectivity index (χ0) is 11.3. The number of rotatable bonds is 4. The molecule has 1 aliphatic rings. The minimum atomic E-state index is 0.407. The summed E-state index contributed by atoms with van der Waals surface area (Å²) in [6.07, 6.45) is 3.80. The highest BCUT2D eigenvalue weighted by Crippen LogP contribution is 2.27. The standard InChI is InChI=1S/C13H27NO/c1-5-14-12(9-13(2,3)4)11-7-6-8-15-10-11/h11-12,14H,5-10H2,1-4H3. The van der Waals surface area contributed by atoms with Crippen LogP contribution >= 0.6 is 0 Å². The maximum Gasteiger partial charge on any atom is 0.0509 e. The van der Waals surface area contributed by atoms with Crippen LogP contribution < -0.4 is 5.32 Å². The third kappa shape index (κ3) is 4.98. The lowest BCUT2D eigenvalue weighted by molar-refractivity contribution is 0.0327. The van der Waals surface area contributed by atoms with Crippen LogP contribution in [-0.4, -0.2) is 25.8 Å². The first-order chi connectivity index (χ1) is 7.03. The molecule has 2 unspecified atom stereocenters. The summed E-state index contributed by atoms with van der Waals surface area (Å²) < 4.78 is 5.58. The molecule has 90 valence electrons. The smallest absolute Gasteiger partial charge is 0.0509 e. The zero-order valence-electron chi connectivity index (χ0n) is 10.8. The van der Waals surface area contributed by atoms with E-state index in [-0.39, 0.29) is 0 Å². The molecule has 1 saturated heterocycles. The second-order valence-electron chi connectivity index (χ2n) is 5.91. The van der Waals surface area contributed by atoms with Gasteiger partial charge in [-0.1, -0.05) is 27.7 Å². The first kappa shape index (κ1) is 13.0. The lowest BCUT2D eigenvalue weighted by Crippen LogP contribution is -2.42. The van der Waals surface area contributed by atoms with Crippen LogP contribution in [-0.2, 0) is 4.74 Å². The summed E-state index contributed by atoms with van der Waals surface area (Å²) in [7, 11) is 0. The Bertz CT molecular complexity index is 168. The lowest BCUT2D eigenvalue weighted by atomic mass is 9.81. The van der Waals surface area contributed by atoms with Crippen molar-refractivity contribution in [2.24, 2.45) is 11.3 Å². The summed E-state index contributed by atoms with van der Waals surface area (Å²) in [6, 6.07) is 0.635. The van der Waals surface area contributed by atoms with Gasteiger partial charge in [0.05, 0.1) is 6.61 Å². The fourth-order valence-corrected chi connectivity index (χ4v) is 2.41. The predicted molar refractivity (Wildman–Crippen MR) is 65.1 cm³/mol. The van der Waals surface area contributed by atoms with E-state index in [2.05, 4.69) is 33.0 Å². The Kier molecular flexibility index (Phi) is 5.07. The van der Waals surface area contributed by atoms with Crippen molar-refractivity contribution in [3.05, 3.63) is 0 Å². The van der Waals surface area contributed by atoms with Gasteiger partial charge in [0.1, 0.15) is 0 Å². The lowest BCUT2D eigenvalue weighted by Gasteiger charge is -2.34. The van der Waals surface area contributed by atoms with Gasteiger partial charge in [-0.25, -0.2) is 0 Å². The Morgan fingerprint density at radius 1 is 1.40 bits per heavy atom. The van der Waals surface area contributed by atoms with Gasteiger partial charge in [-0.3, -0.25) is 0 Å². The Balaban J connectivity index is 2.47. The molecule has 15 heavy (non-hydrogen) atoms. The molecule has 0 aromatic carbocycles. The normalized spacial score (nSPS) is 25.2. The molecule has 0 amide bonds. The molecule has 0 aromatic heterocycles. The van der Waals surface area contributed by atoms with Gasteiger partial charge >= 0.3 is 0 Å². The highest BCUT2D eigenvalue weighted by molar-refractivity contribution is 4.82. The number of hydrogen-bond donors (Lipinski definition) is 1. The highest BCUT2D eigenvalue weighted by Gasteiger charge is 2.27. The van der Waals surface area contributed by atoms with E-state index in [4.69, 9.17) is 4.74 Å². The van der Waals surface area contributed by atoms with Gasteiger partial charge in [0.2, 0.25) is 0 Å². The molecule has 2 heteroatoms. The Morgan fingerprint density at radius 3 is 2.60 bits per heavy atom. The van der Waals surface area contributed by atoms with Crippen molar-refractivity contribution >= 4 is 0 Å². The maximum absolute atomic E-state index is 5.58. The number of ether oxygens (including phenoxy) is 1. The molecular formula is C13H27NO. The van der Waals surface area contributed by atoms with Crippen LogP contribution in [0.15, 0.2) is 0 Å². The van der Waals surface area contributed by atoms with Crippen LogP contribution in [0.4, 0.5) is 0 Å². The third-order valence-electron chi connectivity index (χ3n) is 3.06. The van der Waals surface area contributed by atoms with Crippen LogP contribution in [0.3, 0.4) is 0 Å². The Labute approximate surface area is 94.8 Å². The van der Waals surface area contributed by atoms with E-state index in [9.17, 15) is 0 Å². The fourth-order valence-electron chi connectivity index (χ4n) is 2.41. The molecule has 1 rings (SSSR count). The van der Waals surface area contributed by atoms with Crippen molar-refractivity contribution < 1.29 is 4.74 Å². The average molecular weight is 213 g/mol. The van der Waals surface area contributed by atoms with Crippen molar-refractivity contribution in [3.8, 4) is 0 Å². The van der Waals surface area contributed by atoms with E-state index in [0.29, 0.717) is 11.5 Å². The third-order valence-corrected chi connectivity index (χ3v) is 3.06. The van der Waals surface area contributed by atoms with Crippen molar-refractivity contribution in [2.45, 2.75) is 53.0 Å². The average Bonchev–Trinajstić information content (AvgIpc) is 2.17. The van der Waals surface area contributed by atoms with Crippen molar-refractivity contribution in [1.82, 2.24) is 5.32 Å². The highest BCUT2D eigenvalue weighted by atomic mass is 16.5. The van der Waals surface area contributed by atoms with Gasteiger partial charge in [0.15, 0.2) is 0 Å². The quantitative estimate of drug-likeness (QED) is 0.775. The van der Waals surface area contributed by atoms with Gasteiger partial charge < -0.3 is 10.1 Å². The molecule has 0 radical (unpaired) electrons. The molecule has 1 fully saturated rings. The second kappa shape index (κ2) is 5.86. The summed E-state index contributed by atoms with van der Waals surface area (Å²) in [5, 5.41) is 3.63.